The number of hydrogen-bond donors (Lipinski definition) is 1. The normalized spacial score (nSPS) is 21.7. The summed E-state index contributed by atoms with van der Waals surface area (Å²) >= 11 is 0. The lowest BCUT2D eigenvalue weighted by molar-refractivity contribution is -0.114. The van der Waals surface area contributed by atoms with Crippen LogP contribution in [-0.2, 0) is 9.53 Å². The molecule has 0 aromatic heterocycles. The summed E-state index contributed by atoms with van der Waals surface area (Å²) in [5, 5.41) is 2.72. The van der Waals surface area contributed by atoms with Crippen molar-refractivity contribution in [3.63, 3.8) is 0 Å². The molecular formula is C18H25N3O3. The van der Waals surface area contributed by atoms with Crippen molar-refractivity contribution in [2.24, 2.45) is 0 Å². The van der Waals surface area contributed by atoms with Gasteiger partial charge in [-0.2, -0.15) is 0 Å². The van der Waals surface area contributed by atoms with E-state index in [1.165, 1.54) is 6.92 Å². The quantitative estimate of drug-likeness (QED) is 0.910. The summed E-state index contributed by atoms with van der Waals surface area (Å²) in [5.74, 6) is -0.110. The predicted octanol–water partition coefficient (Wildman–Crippen LogP) is 1.58. The lowest BCUT2D eigenvalue weighted by Gasteiger charge is -2.35. The number of carbonyl (C=O) groups excluding carboxylic acids is 2. The lowest BCUT2D eigenvalue weighted by atomic mass is 10.1. The Morgan fingerprint density at radius 3 is 2.71 bits per heavy atom. The molecule has 0 unspecified atom stereocenters. The van der Waals surface area contributed by atoms with E-state index in [1.54, 1.807) is 24.3 Å². The Kier molecular flexibility index (Phi) is 5.48. The number of nitrogens with one attached hydrogen (secondary N) is 1. The van der Waals surface area contributed by atoms with Crippen LogP contribution in [0, 0.1) is 0 Å². The minimum atomic E-state index is -0.137. The molecule has 0 saturated carbocycles. The molecule has 6 nitrogen and oxygen atoms in total. The molecule has 1 aromatic rings. The fourth-order valence-electron chi connectivity index (χ4n) is 3.33. The van der Waals surface area contributed by atoms with Crippen molar-refractivity contribution in [1.29, 1.82) is 0 Å². The molecule has 0 spiro atoms. The third-order valence-electron chi connectivity index (χ3n) is 4.58. The lowest BCUT2D eigenvalue weighted by Crippen LogP contribution is -2.50. The summed E-state index contributed by atoms with van der Waals surface area (Å²) in [7, 11) is 0. The molecular weight excluding hydrogens is 306 g/mol. The van der Waals surface area contributed by atoms with Gasteiger partial charge < -0.3 is 15.0 Å². The van der Waals surface area contributed by atoms with Crippen LogP contribution in [0.3, 0.4) is 0 Å². The van der Waals surface area contributed by atoms with E-state index < -0.39 is 0 Å². The Morgan fingerprint density at radius 1 is 1.25 bits per heavy atom. The van der Waals surface area contributed by atoms with Gasteiger partial charge in [-0.1, -0.05) is 6.07 Å². The van der Waals surface area contributed by atoms with Crippen molar-refractivity contribution in [3.8, 4) is 0 Å². The van der Waals surface area contributed by atoms with Crippen molar-refractivity contribution in [1.82, 2.24) is 9.80 Å². The summed E-state index contributed by atoms with van der Waals surface area (Å²) in [6.07, 6.45) is 2.67. The third-order valence-corrected chi connectivity index (χ3v) is 4.58. The van der Waals surface area contributed by atoms with Crippen LogP contribution >= 0.6 is 0 Å². The highest BCUT2D eigenvalue weighted by molar-refractivity contribution is 5.96. The molecule has 2 fully saturated rings. The van der Waals surface area contributed by atoms with Crippen molar-refractivity contribution in [2.45, 2.75) is 25.9 Å². The number of benzene rings is 1. The van der Waals surface area contributed by atoms with Gasteiger partial charge in [0, 0.05) is 57.5 Å². The van der Waals surface area contributed by atoms with Gasteiger partial charge in [-0.05, 0) is 31.0 Å². The van der Waals surface area contributed by atoms with Gasteiger partial charge in [0.1, 0.15) is 0 Å². The molecule has 2 heterocycles. The van der Waals surface area contributed by atoms with Gasteiger partial charge in [-0.15, -0.1) is 0 Å². The summed E-state index contributed by atoms with van der Waals surface area (Å²) in [6, 6.07) is 7.12. The number of hydrogen-bond acceptors (Lipinski definition) is 4. The Hall–Kier alpha value is -1.92. The van der Waals surface area contributed by atoms with E-state index in [2.05, 4.69) is 10.2 Å². The third kappa shape index (κ3) is 4.33. The second-order valence-electron chi connectivity index (χ2n) is 6.49. The first-order valence-electron chi connectivity index (χ1n) is 8.63. The summed E-state index contributed by atoms with van der Waals surface area (Å²) in [4.78, 5) is 28.1. The average Bonchev–Trinajstić information content (AvgIpc) is 3.07. The van der Waals surface area contributed by atoms with E-state index in [0.717, 1.165) is 52.2 Å². The second kappa shape index (κ2) is 7.77. The molecule has 6 heteroatoms. The number of ether oxygens (including phenoxy) is 1. The highest BCUT2D eigenvalue weighted by Gasteiger charge is 2.25. The Labute approximate surface area is 142 Å². The molecule has 24 heavy (non-hydrogen) atoms. The maximum Gasteiger partial charge on any atom is 0.254 e. The topological polar surface area (TPSA) is 61.9 Å². The molecule has 2 aliphatic rings. The van der Waals surface area contributed by atoms with Gasteiger partial charge >= 0.3 is 0 Å². The van der Waals surface area contributed by atoms with Crippen molar-refractivity contribution in [3.05, 3.63) is 29.8 Å². The molecule has 0 aliphatic carbocycles. The molecule has 3 rings (SSSR count). The van der Waals surface area contributed by atoms with Gasteiger partial charge in [0.2, 0.25) is 5.91 Å². The summed E-state index contributed by atoms with van der Waals surface area (Å²) < 4.78 is 5.69. The van der Waals surface area contributed by atoms with Crippen LogP contribution in [0.25, 0.3) is 0 Å². The first-order chi connectivity index (χ1) is 11.6. The molecule has 1 atom stereocenters. The van der Waals surface area contributed by atoms with E-state index in [1.807, 2.05) is 4.90 Å². The molecule has 2 aliphatic heterocycles. The van der Waals surface area contributed by atoms with Gasteiger partial charge in [0.05, 0.1) is 6.10 Å². The zero-order chi connectivity index (χ0) is 16.9. The first-order valence-corrected chi connectivity index (χ1v) is 8.63. The molecule has 0 radical (unpaired) electrons. The number of rotatable bonds is 4. The highest BCUT2D eigenvalue weighted by Crippen LogP contribution is 2.17. The largest absolute Gasteiger partial charge is 0.377 e. The second-order valence-corrected chi connectivity index (χ2v) is 6.49. The van der Waals surface area contributed by atoms with E-state index in [4.69, 9.17) is 4.74 Å². The van der Waals surface area contributed by atoms with Crippen LogP contribution in [0.2, 0.25) is 0 Å². The molecule has 130 valence electrons. The number of amides is 2. The fourth-order valence-corrected chi connectivity index (χ4v) is 3.33. The van der Waals surface area contributed by atoms with Crippen LogP contribution < -0.4 is 5.32 Å². The number of nitrogens with zero attached hydrogens (tertiary/aromatic N) is 2. The number of carbonyl (C=O) groups is 2. The van der Waals surface area contributed by atoms with Crippen LogP contribution in [0.5, 0.6) is 0 Å². The monoisotopic (exact) mass is 331 g/mol. The Morgan fingerprint density at radius 2 is 2.04 bits per heavy atom. The van der Waals surface area contributed by atoms with E-state index in [9.17, 15) is 9.59 Å². The van der Waals surface area contributed by atoms with Crippen LogP contribution in [0.4, 0.5) is 5.69 Å². The zero-order valence-corrected chi connectivity index (χ0v) is 14.2. The molecule has 1 N–H and O–H groups in total. The van der Waals surface area contributed by atoms with Gasteiger partial charge in [-0.3, -0.25) is 14.5 Å². The Balaban J connectivity index is 1.53. The molecule has 2 saturated heterocycles. The fraction of sp³-hybridized carbons (Fsp3) is 0.556. The number of anilines is 1. The minimum absolute atomic E-state index is 0.0268. The van der Waals surface area contributed by atoms with Crippen LogP contribution in [0.1, 0.15) is 30.1 Å². The smallest absolute Gasteiger partial charge is 0.254 e. The molecule has 1 aromatic carbocycles. The average molecular weight is 331 g/mol. The highest BCUT2D eigenvalue weighted by atomic mass is 16.5. The van der Waals surface area contributed by atoms with Crippen molar-refractivity contribution >= 4 is 17.5 Å². The minimum Gasteiger partial charge on any atom is -0.377 e. The summed E-state index contributed by atoms with van der Waals surface area (Å²) in [5.41, 5.74) is 1.28. The Bertz CT molecular complexity index is 591. The van der Waals surface area contributed by atoms with Gasteiger partial charge in [0.15, 0.2) is 0 Å². The number of piperazine rings is 1. The predicted molar refractivity (Wildman–Crippen MR) is 92.1 cm³/mol. The standard InChI is InChI=1S/C18H25N3O3/c1-14(22)19-16-5-2-4-15(12-16)18(23)21-9-7-20(8-10-21)13-17-6-3-11-24-17/h2,4-5,12,17H,3,6-11,13H2,1H3,(H,19,22)/t17-/m1/s1. The zero-order valence-electron chi connectivity index (χ0n) is 14.2. The maximum absolute atomic E-state index is 12.7. The van der Waals surface area contributed by atoms with Gasteiger partial charge in [0.25, 0.3) is 5.91 Å². The van der Waals surface area contributed by atoms with E-state index >= 15 is 0 Å². The molecule has 0 bridgehead atoms. The molecule has 2 amide bonds. The van der Waals surface area contributed by atoms with Crippen molar-refractivity contribution < 1.29 is 14.3 Å². The van der Waals surface area contributed by atoms with Crippen LogP contribution in [-0.4, -0.2) is 67.0 Å². The first kappa shape index (κ1) is 16.9. The van der Waals surface area contributed by atoms with E-state index in [-0.39, 0.29) is 11.8 Å². The van der Waals surface area contributed by atoms with Crippen molar-refractivity contribution in [2.75, 3.05) is 44.6 Å². The van der Waals surface area contributed by atoms with Gasteiger partial charge in [-0.25, -0.2) is 0 Å². The SMILES string of the molecule is CC(=O)Nc1cccc(C(=O)N2CCN(C[C@H]3CCCO3)CC2)c1. The van der Waals surface area contributed by atoms with Crippen LogP contribution in [0.15, 0.2) is 24.3 Å². The maximum atomic E-state index is 12.7. The summed E-state index contributed by atoms with van der Waals surface area (Å²) in [6.45, 7) is 6.55. The van der Waals surface area contributed by atoms with E-state index in [0.29, 0.717) is 17.4 Å².